The smallest absolute Gasteiger partial charge is 0.322 e. The van der Waals surface area contributed by atoms with E-state index in [1.54, 1.807) is 5.43 Å². The molecule has 17 heavy (non-hydrogen) atoms. The predicted octanol–water partition coefficient (Wildman–Crippen LogP) is 3.60. The van der Waals surface area contributed by atoms with E-state index in [0.717, 1.165) is 12.1 Å². The van der Waals surface area contributed by atoms with Crippen LogP contribution in [-0.2, 0) is 6.18 Å². The highest BCUT2D eigenvalue weighted by Gasteiger charge is 2.37. The van der Waals surface area contributed by atoms with Crippen LogP contribution in [0.1, 0.15) is 5.56 Å². The van der Waals surface area contributed by atoms with Crippen molar-refractivity contribution in [3.8, 4) is 0 Å². The van der Waals surface area contributed by atoms with Gasteiger partial charge in [0.15, 0.2) is 0 Å². The van der Waals surface area contributed by atoms with Crippen molar-refractivity contribution in [2.75, 3.05) is 5.43 Å². The summed E-state index contributed by atoms with van der Waals surface area (Å²) in [7, 11) is 0. The van der Waals surface area contributed by atoms with Gasteiger partial charge in [-0.2, -0.15) is 26.3 Å². The average molecular weight is 276 g/mol. The summed E-state index contributed by atoms with van der Waals surface area (Å²) in [6, 6.07) is 2.44. The van der Waals surface area contributed by atoms with Gasteiger partial charge in [-0.15, -0.1) is 0 Å². The van der Waals surface area contributed by atoms with Crippen molar-refractivity contribution < 1.29 is 26.3 Å². The standard InChI is InChI=1S/C8H6F6N2S/c9-7(10,11)4-2-1-3-5(6(4)16-15)17-8(12,13)14/h1-3,16H,15H2. The molecule has 0 aliphatic rings. The van der Waals surface area contributed by atoms with Crippen molar-refractivity contribution in [3.63, 3.8) is 0 Å². The Balaban J connectivity index is 3.24. The van der Waals surface area contributed by atoms with Crippen LogP contribution in [0.3, 0.4) is 0 Å². The lowest BCUT2D eigenvalue weighted by Crippen LogP contribution is -2.16. The number of alkyl halides is 6. The fourth-order valence-corrected chi connectivity index (χ4v) is 1.79. The van der Waals surface area contributed by atoms with Gasteiger partial charge in [0, 0.05) is 4.90 Å². The Morgan fingerprint density at radius 1 is 1.06 bits per heavy atom. The zero-order valence-electron chi connectivity index (χ0n) is 7.99. The second-order valence-electron chi connectivity index (χ2n) is 2.87. The molecule has 0 aliphatic carbocycles. The van der Waals surface area contributed by atoms with Gasteiger partial charge in [-0.05, 0) is 23.9 Å². The number of hydrogen-bond donors (Lipinski definition) is 2. The number of nitrogen functional groups attached to an aromatic ring is 1. The quantitative estimate of drug-likeness (QED) is 0.375. The average Bonchev–Trinajstić information content (AvgIpc) is 2.13. The van der Waals surface area contributed by atoms with Crippen LogP contribution in [0.5, 0.6) is 0 Å². The van der Waals surface area contributed by atoms with Gasteiger partial charge in [-0.1, -0.05) is 6.07 Å². The van der Waals surface area contributed by atoms with E-state index in [1.165, 1.54) is 0 Å². The minimum Gasteiger partial charge on any atom is -0.322 e. The molecule has 1 aromatic rings. The predicted molar refractivity (Wildman–Crippen MR) is 51.2 cm³/mol. The van der Waals surface area contributed by atoms with Crippen molar-refractivity contribution in [2.24, 2.45) is 5.84 Å². The largest absolute Gasteiger partial charge is 0.446 e. The summed E-state index contributed by atoms with van der Waals surface area (Å²) in [5.41, 5.74) is -5.06. The van der Waals surface area contributed by atoms with Crippen LogP contribution < -0.4 is 11.3 Å². The zero-order valence-corrected chi connectivity index (χ0v) is 8.80. The molecule has 1 rings (SSSR count). The molecule has 0 radical (unpaired) electrons. The molecule has 0 amide bonds. The summed E-state index contributed by atoms with van der Waals surface area (Å²) < 4.78 is 73.7. The van der Waals surface area contributed by atoms with Gasteiger partial charge in [-0.25, -0.2) is 0 Å². The van der Waals surface area contributed by atoms with Crippen LogP contribution in [0.15, 0.2) is 23.1 Å². The molecule has 0 aromatic heterocycles. The number of anilines is 1. The highest BCUT2D eigenvalue weighted by molar-refractivity contribution is 8.00. The monoisotopic (exact) mass is 276 g/mol. The number of rotatable bonds is 2. The summed E-state index contributed by atoms with van der Waals surface area (Å²) in [4.78, 5) is -0.630. The summed E-state index contributed by atoms with van der Waals surface area (Å²) in [5, 5.41) is 0. The first-order chi connectivity index (χ1) is 7.65. The Morgan fingerprint density at radius 3 is 2.06 bits per heavy atom. The van der Waals surface area contributed by atoms with Gasteiger partial charge in [0.1, 0.15) is 0 Å². The molecule has 0 spiro atoms. The minimum absolute atomic E-state index is 0.630. The summed E-state index contributed by atoms with van der Waals surface area (Å²) in [6.07, 6.45) is -4.77. The number of nitrogens with two attached hydrogens (primary N) is 1. The van der Waals surface area contributed by atoms with Crippen LogP contribution in [-0.4, -0.2) is 5.51 Å². The first kappa shape index (κ1) is 14.0. The number of hydrogen-bond acceptors (Lipinski definition) is 3. The lowest BCUT2D eigenvalue weighted by molar-refractivity contribution is -0.137. The van der Waals surface area contributed by atoms with Crippen LogP contribution >= 0.6 is 11.8 Å². The molecule has 2 nitrogen and oxygen atoms in total. The van der Waals surface area contributed by atoms with E-state index < -0.39 is 39.6 Å². The molecular formula is C8H6F6N2S. The van der Waals surface area contributed by atoms with Crippen molar-refractivity contribution in [1.82, 2.24) is 0 Å². The third kappa shape index (κ3) is 3.70. The number of benzene rings is 1. The van der Waals surface area contributed by atoms with E-state index in [1.807, 2.05) is 0 Å². The maximum atomic E-state index is 12.5. The topological polar surface area (TPSA) is 38.0 Å². The normalized spacial score (nSPS) is 12.6. The van der Waals surface area contributed by atoms with Crippen LogP contribution in [0.2, 0.25) is 0 Å². The molecule has 3 N–H and O–H groups in total. The third-order valence-electron chi connectivity index (χ3n) is 1.70. The SMILES string of the molecule is NNc1c(SC(F)(F)F)cccc1C(F)(F)F. The van der Waals surface area contributed by atoms with E-state index in [4.69, 9.17) is 5.84 Å². The van der Waals surface area contributed by atoms with Gasteiger partial charge < -0.3 is 5.43 Å². The fraction of sp³-hybridized carbons (Fsp3) is 0.250. The molecule has 0 saturated carbocycles. The maximum Gasteiger partial charge on any atom is 0.446 e. The van der Waals surface area contributed by atoms with Crippen LogP contribution in [0.25, 0.3) is 0 Å². The number of para-hydroxylation sites is 1. The van der Waals surface area contributed by atoms with Crippen molar-refractivity contribution in [1.29, 1.82) is 0 Å². The Hall–Kier alpha value is -1.09. The first-order valence-corrected chi connectivity index (χ1v) is 4.89. The molecule has 96 valence electrons. The Kier molecular flexibility index (Phi) is 3.82. The van der Waals surface area contributed by atoms with Gasteiger partial charge in [0.25, 0.3) is 0 Å². The molecule has 0 aliphatic heterocycles. The number of thioether (sulfide) groups is 1. The molecule has 0 saturated heterocycles. The molecule has 0 heterocycles. The van der Waals surface area contributed by atoms with Crippen LogP contribution in [0.4, 0.5) is 32.0 Å². The second kappa shape index (κ2) is 4.65. The number of hydrazine groups is 1. The first-order valence-electron chi connectivity index (χ1n) is 4.07. The third-order valence-corrected chi connectivity index (χ3v) is 2.49. The molecule has 0 bridgehead atoms. The van der Waals surface area contributed by atoms with E-state index in [9.17, 15) is 26.3 Å². The summed E-state index contributed by atoms with van der Waals surface area (Å²) >= 11 is -0.660. The molecular weight excluding hydrogens is 270 g/mol. The van der Waals surface area contributed by atoms with Gasteiger partial charge in [0.05, 0.1) is 11.3 Å². The van der Waals surface area contributed by atoms with E-state index in [-0.39, 0.29) is 0 Å². The second-order valence-corrected chi connectivity index (χ2v) is 3.98. The molecule has 0 unspecified atom stereocenters. The van der Waals surface area contributed by atoms with E-state index >= 15 is 0 Å². The highest BCUT2D eigenvalue weighted by atomic mass is 32.2. The van der Waals surface area contributed by atoms with E-state index in [0.29, 0.717) is 6.07 Å². The lowest BCUT2D eigenvalue weighted by atomic mass is 10.2. The zero-order chi connectivity index (χ0) is 13.3. The van der Waals surface area contributed by atoms with E-state index in [2.05, 4.69) is 0 Å². The Morgan fingerprint density at radius 2 is 1.65 bits per heavy atom. The van der Waals surface area contributed by atoms with Gasteiger partial charge >= 0.3 is 11.7 Å². The number of nitrogens with one attached hydrogen (secondary N) is 1. The van der Waals surface area contributed by atoms with Gasteiger partial charge in [0.2, 0.25) is 0 Å². The molecule has 0 atom stereocenters. The molecule has 9 heteroatoms. The van der Waals surface area contributed by atoms with Crippen LogP contribution in [0, 0.1) is 0 Å². The van der Waals surface area contributed by atoms with Gasteiger partial charge in [-0.3, -0.25) is 5.84 Å². The number of halogens is 6. The van der Waals surface area contributed by atoms with Crippen molar-refractivity contribution in [3.05, 3.63) is 23.8 Å². The van der Waals surface area contributed by atoms with Crippen molar-refractivity contribution >= 4 is 17.4 Å². The highest BCUT2D eigenvalue weighted by Crippen LogP contribution is 2.44. The Bertz CT molecular complexity index is 400. The Labute approximate surface area is 96.1 Å². The molecule has 1 aromatic carbocycles. The maximum absolute atomic E-state index is 12.5. The van der Waals surface area contributed by atoms with Crippen molar-refractivity contribution in [2.45, 2.75) is 16.6 Å². The minimum atomic E-state index is -4.77. The summed E-state index contributed by atoms with van der Waals surface area (Å²) in [5.74, 6) is 4.84. The lowest BCUT2D eigenvalue weighted by Gasteiger charge is -2.16. The molecule has 0 fully saturated rings. The fourth-order valence-electron chi connectivity index (χ4n) is 1.13. The summed E-state index contributed by atoms with van der Waals surface area (Å²) in [6.45, 7) is 0.